The summed E-state index contributed by atoms with van der Waals surface area (Å²) in [6, 6.07) is 0.401. The monoisotopic (exact) mass is 212 g/mol. The van der Waals surface area contributed by atoms with Gasteiger partial charge in [0.1, 0.15) is 11.6 Å². The van der Waals surface area contributed by atoms with Gasteiger partial charge in [-0.2, -0.15) is 11.8 Å². The molecule has 14 heavy (non-hydrogen) atoms. The predicted octanol–water partition coefficient (Wildman–Crippen LogP) is 1.61. The van der Waals surface area contributed by atoms with Gasteiger partial charge in [-0.25, -0.2) is 4.98 Å². The second-order valence-corrected chi connectivity index (χ2v) is 4.14. The van der Waals surface area contributed by atoms with E-state index in [0.717, 1.165) is 18.0 Å². The van der Waals surface area contributed by atoms with Crippen LogP contribution >= 0.6 is 11.8 Å². The zero-order valence-electron chi connectivity index (χ0n) is 8.53. The van der Waals surface area contributed by atoms with E-state index in [1.807, 2.05) is 11.8 Å². The van der Waals surface area contributed by atoms with Gasteiger partial charge in [-0.05, 0) is 25.4 Å². The van der Waals surface area contributed by atoms with Gasteiger partial charge in [-0.1, -0.05) is 0 Å². The van der Waals surface area contributed by atoms with Crippen molar-refractivity contribution in [2.45, 2.75) is 19.4 Å². The fourth-order valence-electron chi connectivity index (χ4n) is 1.07. The number of thioether (sulfide) groups is 1. The lowest BCUT2D eigenvalue weighted by atomic mass is 10.2. The summed E-state index contributed by atoms with van der Waals surface area (Å²) in [6.45, 7) is 2.13. The minimum Gasteiger partial charge on any atom is -0.382 e. The molecule has 0 saturated heterocycles. The first-order chi connectivity index (χ1) is 6.72. The van der Waals surface area contributed by atoms with Crippen molar-refractivity contribution in [3.8, 4) is 0 Å². The van der Waals surface area contributed by atoms with Gasteiger partial charge in [0.2, 0.25) is 0 Å². The summed E-state index contributed by atoms with van der Waals surface area (Å²) >= 11 is 1.84. The van der Waals surface area contributed by atoms with Crippen molar-refractivity contribution >= 4 is 23.4 Å². The molecule has 1 unspecified atom stereocenters. The molecular formula is C9H16N4S. The number of rotatable bonds is 5. The van der Waals surface area contributed by atoms with E-state index in [4.69, 9.17) is 5.73 Å². The van der Waals surface area contributed by atoms with Crippen LogP contribution in [0.1, 0.15) is 13.3 Å². The SMILES string of the molecule is CSCCC(C)Nc1cncc(N)n1. The molecule has 0 spiro atoms. The third kappa shape index (κ3) is 3.83. The van der Waals surface area contributed by atoms with Crippen molar-refractivity contribution in [3.05, 3.63) is 12.4 Å². The third-order valence-electron chi connectivity index (χ3n) is 1.80. The van der Waals surface area contributed by atoms with Crippen molar-refractivity contribution in [2.24, 2.45) is 0 Å². The Kier molecular flexibility index (Phi) is 4.52. The molecule has 1 aromatic heterocycles. The average molecular weight is 212 g/mol. The summed E-state index contributed by atoms with van der Waals surface area (Å²) in [4.78, 5) is 8.08. The highest BCUT2D eigenvalue weighted by Crippen LogP contribution is 2.08. The molecule has 78 valence electrons. The molecule has 1 rings (SSSR count). The Morgan fingerprint density at radius 2 is 2.36 bits per heavy atom. The lowest BCUT2D eigenvalue weighted by Gasteiger charge is -2.13. The van der Waals surface area contributed by atoms with Crippen molar-refractivity contribution in [1.29, 1.82) is 0 Å². The van der Waals surface area contributed by atoms with Gasteiger partial charge in [-0.15, -0.1) is 0 Å². The molecule has 0 aliphatic carbocycles. The van der Waals surface area contributed by atoms with Gasteiger partial charge >= 0.3 is 0 Å². The highest BCUT2D eigenvalue weighted by atomic mass is 32.2. The second-order valence-electron chi connectivity index (χ2n) is 3.16. The molecular weight excluding hydrogens is 196 g/mol. The van der Waals surface area contributed by atoms with E-state index in [1.54, 1.807) is 6.20 Å². The maximum atomic E-state index is 5.52. The largest absolute Gasteiger partial charge is 0.382 e. The smallest absolute Gasteiger partial charge is 0.147 e. The summed E-state index contributed by atoms with van der Waals surface area (Å²) in [5.41, 5.74) is 5.52. The van der Waals surface area contributed by atoms with Gasteiger partial charge < -0.3 is 11.1 Å². The van der Waals surface area contributed by atoms with Crippen LogP contribution in [-0.2, 0) is 0 Å². The Balaban J connectivity index is 2.43. The molecule has 1 heterocycles. The Hall–Kier alpha value is -0.970. The van der Waals surface area contributed by atoms with Crippen LogP contribution in [0.3, 0.4) is 0 Å². The molecule has 0 bridgehead atoms. The normalized spacial score (nSPS) is 12.4. The van der Waals surface area contributed by atoms with Crippen LogP contribution in [-0.4, -0.2) is 28.0 Å². The van der Waals surface area contributed by atoms with Gasteiger partial charge in [0.25, 0.3) is 0 Å². The molecule has 1 atom stereocenters. The lowest BCUT2D eigenvalue weighted by molar-refractivity contribution is 0.766. The number of nitrogen functional groups attached to an aromatic ring is 1. The Bertz CT molecular complexity index is 279. The molecule has 4 nitrogen and oxygen atoms in total. The van der Waals surface area contributed by atoms with Crippen LogP contribution in [0.15, 0.2) is 12.4 Å². The van der Waals surface area contributed by atoms with Crippen LogP contribution in [0, 0.1) is 0 Å². The number of nitrogens with zero attached hydrogens (tertiary/aromatic N) is 2. The minimum absolute atomic E-state index is 0.401. The van der Waals surface area contributed by atoms with Crippen LogP contribution in [0.5, 0.6) is 0 Å². The number of hydrogen-bond donors (Lipinski definition) is 2. The molecule has 0 saturated carbocycles. The fourth-order valence-corrected chi connectivity index (χ4v) is 1.66. The fraction of sp³-hybridized carbons (Fsp3) is 0.556. The van der Waals surface area contributed by atoms with E-state index < -0.39 is 0 Å². The molecule has 0 fully saturated rings. The Morgan fingerprint density at radius 3 is 3.00 bits per heavy atom. The van der Waals surface area contributed by atoms with E-state index in [2.05, 4.69) is 28.5 Å². The second kappa shape index (κ2) is 5.70. The van der Waals surface area contributed by atoms with Crippen LogP contribution in [0.4, 0.5) is 11.6 Å². The number of nitrogens with two attached hydrogens (primary N) is 1. The topological polar surface area (TPSA) is 63.8 Å². The summed E-state index contributed by atoms with van der Waals surface area (Å²) < 4.78 is 0. The molecule has 5 heteroatoms. The quantitative estimate of drug-likeness (QED) is 0.776. The van der Waals surface area contributed by atoms with E-state index in [9.17, 15) is 0 Å². The van der Waals surface area contributed by atoms with E-state index in [-0.39, 0.29) is 0 Å². The maximum Gasteiger partial charge on any atom is 0.147 e. The number of anilines is 2. The van der Waals surface area contributed by atoms with Crippen LogP contribution < -0.4 is 11.1 Å². The molecule has 0 amide bonds. The zero-order valence-corrected chi connectivity index (χ0v) is 9.34. The van der Waals surface area contributed by atoms with Gasteiger partial charge in [-0.3, -0.25) is 4.98 Å². The number of aromatic nitrogens is 2. The van der Waals surface area contributed by atoms with Crippen LogP contribution in [0.25, 0.3) is 0 Å². The first-order valence-corrected chi connectivity index (χ1v) is 5.94. The molecule has 0 aliphatic rings. The lowest BCUT2D eigenvalue weighted by Crippen LogP contribution is -2.17. The average Bonchev–Trinajstić information content (AvgIpc) is 2.15. The van der Waals surface area contributed by atoms with E-state index in [0.29, 0.717) is 11.9 Å². The first kappa shape index (κ1) is 11.1. The van der Waals surface area contributed by atoms with E-state index in [1.165, 1.54) is 6.20 Å². The molecule has 0 aromatic carbocycles. The van der Waals surface area contributed by atoms with Crippen molar-refractivity contribution in [3.63, 3.8) is 0 Å². The maximum absolute atomic E-state index is 5.52. The highest BCUT2D eigenvalue weighted by molar-refractivity contribution is 7.98. The molecule has 0 aliphatic heterocycles. The van der Waals surface area contributed by atoms with Gasteiger partial charge in [0.15, 0.2) is 0 Å². The molecule has 3 N–H and O–H groups in total. The first-order valence-electron chi connectivity index (χ1n) is 4.55. The molecule has 1 aromatic rings. The van der Waals surface area contributed by atoms with Crippen molar-refractivity contribution in [1.82, 2.24) is 9.97 Å². The highest BCUT2D eigenvalue weighted by Gasteiger charge is 2.02. The van der Waals surface area contributed by atoms with E-state index >= 15 is 0 Å². The summed E-state index contributed by atoms with van der Waals surface area (Å²) in [5.74, 6) is 2.34. The summed E-state index contributed by atoms with van der Waals surface area (Å²) in [5, 5.41) is 3.25. The zero-order chi connectivity index (χ0) is 10.4. The number of hydrogen-bond acceptors (Lipinski definition) is 5. The Morgan fingerprint density at radius 1 is 1.57 bits per heavy atom. The third-order valence-corrected chi connectivity index (χ3v) is 2.45. The minimum atomic E-state index is 0.401. The van der Waals surface area contributed by atoms with Crippen molar-refractivity contribution in [2.75, 3.05) is 23.1 Å². The number of nitrogens with one attached hydrogen (secondary N) is 1. The summed E-state index contributed by atoms with van der Waals surface area (Å²) in [6.07, 6.45) is 6.44. The summed E-state index contributed by atoms with van der Waals surface area (Å²) in [7, 11) is 0. The standard InChI is InChI=1S/C9H16N4S/c1-7(3-4-14-2)12-9-6-11-5-8(10)13-9/h5-7H,3-4H2,1-2H3,(H3,10,12,13). The van der Waals surface area contributed by atoms with Crippen molar-refractivity contribution < 1.29 is 0 Å². The molecule has 0 radical (unpaired) electrons. The predicted molar refractivity (Wildman–Crippen MR) is 62.5 cm³/mol. The Labute approximate surface area is 88.7 Å². The van der Waals surface area contributed by atoms with Crippen LogP contribution in [0.2, 0.25) is 0 Å². The van der Waals surface area contributed by atoms with Gasteiger partial charge in [0.05, 0.1) is 12.4 Å². The van der Waals surface area contributed by atoms with Gasteiger partial charge in [0, 0.05) is 6.04 Å².